The molecule has 0 radical (unpaired) electrons. The van der Waals surface area contributed by atoms with Gasteiger partial charge >= 0.3 is 0 Å². The summed E-state index contributed by atoms with van der Waals surface area (Å²) in [7, 11) is 0. The van der Waals surface area contributed by atoms with E-state index in [1.54, 1.807) is 6.92 Å². The number of aliphatic hydroxyl groups excluding tert-OH is 1. The van der Waals surface area contributed by atoms with E-state index in [0.717, 1.165) is 12.1 Å². The van der Waals surface area contributed by atoms with Gasteiger partial charge in [-0.3, -0.25) is 0 Å². The van der Waals surface area contributed by atoms with E-state index in [2.05, 4.69) is 42.2 Å². The van der Waals surface area contributed by atoms with Gasteiger partial charge in [-0.15, -0.1) is 0 Å². The summed E-state index contributed by atoms with van der Waals surface area (Å²) >= 11 is 0. The molecule has 20 heavy (non-hydrogen) atoms. The summed E-state index contributed by atoms with van der Waals surface area (Å²) in [6.45, 7) is 5.01. The van der Waals surface area contributed by atoms with Crippen molar-refractivity contribution in [2.75, 3.05) is 11.4 Å². The highest BCUT2D eigenvalue weighted by atomic mass is 16.3. The van der Waals surface area contributed by atoms with Crippen LogP contribution in [0, 0.1) is 6.92 Å². The molecule has 1 aliphatic rings. The fraction of sp³-hybridized carbons (Fsp3) is 0.333. The molecule has 0 spiro atoms. The Morgan fingerprint density at radius 2 is 1.85 bits per heavy atom. The van der Waals surface area contributed by atoms with Crippen LogP contribution in [0.15, 0.2) is 42.5 Å². The van der Waals surface area contributed by atoms with E-state index >= 15 is 0 Å². The molecule has 0 amide bonds. The van der Waals surface area contributed by atoms with Gasteiger partial charge in [-0.05, 0) is 56.0 Å². The molecule has 2 nitrogen and oxygen atoms in total. The Hall–Kier alpha value is -1.80. The van der Waals surface area contributed by atoms with Crippen molar-refractivity contribution in [2.45, 2.75) is 32.8 Å². The molecule has 1 heterocycles. The van der Waals surface area contributed by atoms with E-state index in [0.29, 0.717) is 0 Å². The lowest BCUT2D eigenvalue weighted by molar-refractivity contribution is 0.199. The maximum absolute atomic E-state index is 9.60. The second-order valence-corrected chi connectivity index (χ2v) is 5.65. The molecule has 1 N–H and O–H groups in total. The third-order valence-corrected chi connectivity index (χ3v) is 4.04. The molecule has 0 saturated heterocycles. The second-order valence-electron chi connectivity index (χ2n) is 5.65. The number of rotatable bonds is 2. The Labute approximate surface area is 120 Å². The maximum atomic E-state index is 9.60. The van der Waals surface area contributed by atoms with Crippen LogP contribution >= 0.6 is 0 Å². The van der Waals surface area contributed by atoms with Gasteiger partial charge in [0.2, 0.25) is 0 Å². The molecule has 0 aliphatic carbocycles. The zero-order chi connectivity index (χ0) is 14.1. The average Bonchev–Trinajstić information content (AvgIpc) is 2.46. The number of aryl methyl sites for hydroxylation is 2. The Morgan fingerprint density at radius 3 is 2.55 bits per heavy atom. The van der Waals surface area contributed by atoms with Crippen LogP contribution < -0.4 is 4.90 Å². The zero-order valence-corrected chi connectivity index (χ0v) is 12.1. The summed E-state index contributed by atoms with van der Waals surface area (Å²) in [6, 6.07) is 15.0. The molecule has 0 fully saturated rings. The lowest BCUT2D eigenvalue weighted by atomic mass is 9.98. The van der Waals surface area contributed by atoms with E-state index < -0.39 is 6.10 Å². The van der Waals surface area contributed by atoms with Crippen molar-refractivity contribution in [2.24, 2.45) is 0 Å². The fourth-order valence-electron chi connectivity index (χ4n) is 2.93. The summed E-state index contributed by atoms with van der Waals surface area (Å²) < 4.78 is 0. The van der Waals surface area contributed by atoms with Crippen LogP contribution in [0.1, 0.15) is 36.1 Å². The average molecular weight is 267 g/mol. The van der Waals surface area contributed by atoms with Gasteiger partial charge in [0.05, 0.1) is 6.10 Å². The number of benzene rings is 2. The largest absolute Gasteiger partial charge is 0.389 e. The van der Waals surface area contributed by atoms with Crippen LogP contribution in [0.5, 0.6) is 0 Å². The lowest BCUT2D eigenvalue weighted by Gasteiger charge is -2.31. The number of nitrogens with zero attached hydrogens (tertiary/aromatic N) is 1. The molecule has 2 aromatic rings. The molecule has 104 valence electrons. The number of hydrogen-bond donors (Lipinski definition) is 1. The van der Waals surface area contributed by atoms with Crippen LogP contribution in [-0.2, 0) is 6.42 Å². The molecular weight excluding hydrogens is 246 g/mol. The smallest absolute Gasteiger partial charge is 0.0761 e. The SMILES string of the molecule is Cc1ccc2c(c1)CCCN2c1ccc([C@@H](C)O)cc1. The van der Waals surface area contributed by atoms with E-state index in [1.165, 1.54) is 35.3 Å². The third kappa shape index (κ3) is 2.44. The van der Waals surface area contributed by atoms with Crippen LogP contribution in [-0.4, -0.2) is 11.7 Å². The normalized spacial score (nSPS) is 15.8. The van der Waals surface area contributed by atoms with Crippen molar-refractivity contribution in [1.29, 1.82) is 0 Å². The predicted octanol–water partition coefficient (Wildman–Crippen LogP) is 4.13. The van der Waals surface area contributed by atoms with Gasteiger partial charge in [-0.25, -0.2) is 0 Å². The van der Waals surface area contributed by atoms with Crippen LogP contribution in [0.4, 0.5) is 11.4 Å². The minimum absolute atomic E-state index is 0.402. The van der Waals surface area contributed by atoms with Gasteiger partial charge in [0.15, 0.2) is 0 Å². The Bertz CT molecular complexity index is 601. The first kappa shape index (κ1) is 13.2. The highest BCUT2D eigenvalue weighted by molar-refractivity contribution is 5.68. The number of anilines is 2. The summed E-state index contributed by atoms with van der Waals surface area (Å²) in [5.74, 6) is 0. The van der Waals surface area contributed by atoms with E-state index in [4.69, 9.17) is 0 Å². The lowest BCUT2D eigenvalue weighted by Crippen LogP contribution is -2.24. The summed E-state index contributed by atoms with van der Waals surface area (Å²) in [5.41, 5.74) is 6.27. The fourth-order valence-corrected chi connectivity index (χ4v) is 2.93. The standard InChI is InChI=1S/C18H21NO/c1-13-5-10-18-16(12-13)4-3-11-19(18)17-8-6-15(7-9-17)14(2)20/h5-10,12,14,20H,3-4,11H2,1-2H3/t14-/m1/s1. The molecule has 2 heteroatoms. The van der Waals surface area contributed by atoms with Gasteiger partial charge in [0, 0.05) is 17.9 Å². The van der Waals surface area contributed by atoms with Gasteiger partial charge < -0.3 is 10.0 Å². The Morgan fingerprint density at radius 1 is 1.10 bits per heavy atom. The first-order chi connectivity index (χ1) is 9.65. The first-order valence-electron chi connectivity index (χ1n) is 7.30. The van der Waals surface area contributed by atoms with Crippen molar-refractivity contribution in [1.82, 2.24) is 0 Å². The topological polar surface area (TPSA) is 23.5 Å². The molecule has 0 aromatic heterocycles. The highest BCUT2D eigenvalue weighted by Crippen LogP contribution is 2.34. The minimum atomic E-state index is -0.402. The van der Waals surface area contributed by atoms with Crippen molar-refractivity contribution >= 4 is 11.4 Å². The predicted molar refractivity (Wildman–Crippen MR) is 83.6 cm³/mol. The third-order valence-electron chi connectivity index (χ3n) is 4.04. The van der Waals surface area contributed by atoms with Gasteiger partial charge in [0.1, 0.15) is 0 Å². The highest BCUT2D eigenvalue weighted by Gasteiger charge is 2.18. The first-order valence-corrected chi connectivity index (χ1v) is 7.30. The van der Waals surface area contributed by atoms with Crippen LogP contribution in [0.2, 0.25) is 0 Å². The van der Waals surface area contributed by atoms with E-state index in [-0.39, 0.29) is 0 Å². The molecule has 3 rings (SSSR count). The second kappa shape index (κ2) is 5.29. The molecule has 0 saturated carbocycles. The zero-order valence-electron chi connectivity index (χ0n) is 12.1. The monoisotopic (exact) mass is 267 g/mol. The molecule has 2 aromatic carbocycles. The van der Waals surface area contributed by atoms with Gasteiger partial charge in [0.25, 0.3) is 0 Å². The number of fused-ring (bicyclic) bond motifs is 1. The van der Waals surface area contributed by atoms with Gasteiger partial charge in [-0.2, -0.15) is 0 Å². The number of hydrogen-bond acceptors (Lipinski definition) is 2. The number of aliphatic hydroxyl groups is 1. The van der Waals surface area contributed by atoms with E-state index in [1.807, 2.05) is 12.1 Å². The van der Waals surface area contributed by atoms with Crippen LogP contribution in [0.3, 0.4) is 0 Å². The van der Waals surface area contributed by atoms with Crippen molar-refractivity contribution in [3.63, 3.8) is 0 Å². The van der Waals surface area contributed by atoms with Crippen molar-refractivity contribution in [3.8, 4) is 0 Å². The summed E-state index contributed by atoms with van der Waals surface area (Å²) in [5, 5.41) is 9.60. The molecule has 1 aliphatic heterocycles. The van der Waals surface area contributed by atoms with Crippen molar-refractivity contribution in [3.05, 3.63) is 59.2 Å². The summed E-state index contributed by atoms with van der Waals surface area (Å²) in [4.78, 5) is 2.38. The van der Waals surface area contributed by atoms with Crippen LogP contribution in [0.25, 0.3) is 0 Å². The maximum Gasteiger partial charge on any atom is 0.0761 e. The Kier molecular flexibility index (Phi) is 3.49. The van der Waals surface area contributed by atoms with Gasteiger partial charge in [-0.1, -0.05) is 29.8 Å². The molecule has 0 bridgehead atoms. The Balaban J connectivity index is 1.96. The quantitative estimate of drug-likeness (QED) is 0.884. The summed E-state index contributed by atoms with van der Waals surface area (Å²) in [6.07, 6.45) is 1.95. The molecule has 0 unspecified atom stereocenters. The van der Waals surface area contributed by atoms with Crippen molar-refractivity contribution < 1.29 is 5.11 Å². The molecule has 1 atom stereocenters. The van der Waals surface area contributed by atoms with E-state index in [9.17, 15) is 5.11 Å². The minimum Gasteiger partial charge on any atom is -0.389 e. The molecular formula is C18H21NO.